The van der Waals surface area contributed by atoms with Crippen molar-refractivity contribution < 1.29 is 14.1 Å². The van der Waals surface area contributed by atoms with E-state index < -0.39 is 0 Å². The summed E-state index contributed by atoms with van der Waals surface area (Å²) >= 11 is 0. The summed E-state index contributed by atoms with van der Waals surface area (Å²) in [6.45, 7) is 5.12. The lowest BCUT2D eigenvalue weighted by Gasteiger charge is -2.14. The third kappa shape index (κ3) is 5.75. The first kappa shape index (κ1) is 27.7. The largest absolute Gasteiger partial charge is 0.457 e. The number of benzene rings is 2. The van der Waals surface area contributed by atoms with Crippen molar-refractivity contribution in [2.24, 2.45) is 0 Å². The second-order valence-electron chi connectivity index (χ2n) is 11.7. The molecular weight excluding hydrogens is 556 g/mol. The Hall–Kier alpha value is -5.12. The van der Waals surface area contributed by atoms with Crippen LogP contribution in [0.15, 0.2) is 88.3 Å². The van der Waals surface area contributed by atoms with Crippen molar-refractivity contribution >= 4 is 5.91 Å². The van der Waals surface area contributed by atoms with E-state index in [2.05, 4.69) is 34.2 Å². The van der Waals surface area contributed by atoms with Gasteiger partial charge in [-0.3, -0.25) is 9.59 Å². The molecule has 1 saturated carbocycles. The highest BCUT2D eigenvalue weighted by Crippen LogP contribution is 2.37. The van der Waals surface area contributed by atoms with E-state index in [4.69, 9.17) is 9.26 Å². The lowest BCUT2D eigenvalue weighted by molar-refractivity contribution is -0.128. The molecule has 0 N–H and O–H groups in total. The fourth-order valence-electron chi connectivity index (χ4n) is 5.47. The van der Waals surface area contributed by atoms with E-state index in [0.29, 0.717) is 60.2 Å². The van der Waals surface area contributed by atoms with Gasteiger partial charge in [0.25, 0.3) is 5.56 Å². The third-order valence-electron chi connectivity index (χ3n) is 8.16. The van der Waals surface area contributed by atoms with E-state index in [1.807, 2.05) is 65.6 Å². The summed E-state index contributed by atoms with van der Waals surface area (Å²) in [6, 6.07) is 22.7. The van der Waals surface area contributed by atoms with E-state index in [1.165, 1.54) is 6.07 Å². The minimum Gasteiger partial charge on any atom is -0.457 e. The monoisotopic (exact) mass is 588 g/mol. The van der Waals surface area contributed by atoms with Crippen LogP contribution in [0, 0.1) is 0 Å². The van der Waals surface area contributed by atoms with Crippen LogP contribution in [0.5, 0.6) is 11.5 Å². The van der Waals surface area contributed by atoms with Crippen LogP contribution in [-0.4, -0.2) is 48.3 Å². The first-order valence-electron chi connectivity index (χ1n) is 14.9. The van der Waals surface area contributed by atoms with Gasteiger partial charge in [-0.25, -0.2) is 0 Å². The van der Waals surface area contributed by atoms with Gasteiger partial charge in [0, 0.05) is 48.0 Å². The minimum absolute atomic E-state index is 0.103. The van der Waals surface area contributed by atoms with Crippen LogP contribution in [-0.2, 0) is 11.3 Å². The second kappa shape index (κ2) is 11.5. The van der Waals surface area contributed by atoms with Crippen molar-refractivity contribution in [2.75, 3.05) is 6.54 Å². The number of aromatic nitrogens is 5. The predicted octanol–water partition coefficient (Wildman–Crippen LogP) is 5.80. The van der Waals surface area contributed by atoms with Gasteiger partial charge in [-0.15, -0.1) is 0 Å². The summed E-state index contributed by atoms with van der Waals surface area (Å²) in [7, 11) is 0. The third-order valence-corrected chi connectivity index (χ3v) is 8.16. The summed E-state index contributed by atoms with van der Waals surface area (Å²) in [4.78, 5) is 31.6. The zero-order chi connectivity index (χ0) is 30.2. The zero-order valence-electron chi connectivity index (χ0n) is 24.6. The highest BCUT2D eigenvalue weighted by Gasteiger charge is 2.41. The van der Waals surface area contributed by atoms with Crippen molar-refractivity contribution in [1.29, 1.82) is 0 Å². The summed E-state index contributed by atoms with van der Waals surface area (Å²) in [5, 5.41) is 13.0. The van der Waals surface area contributed by atoms with Crippen molar-refractivity contribution in [3.63, 3.8) is 0 Å². The van der Waals surface area contributed by atoms with Gasteiger partial charge in [-0.1, -0.05) is 37.2 Å². The molecule has 1 aliphatic carbocycles. The average Bonchev–Trinajstić information content (AvgIpc) is 3.62. The summed E-state index contributed by atoms with van der Waals surface area (Å²) in [5.41, 5.74) is 4.07. The van der Waals surface area contributed by atoms with Crippen LogP contribution in [0.4, 0.5) is 0 Å². The van der Waals surface area contributed by atoms with Crippen LogP contribution in [0.2, 0.25) is 0 Å². The molecule has 2 aromatic carbocycles. The highest BCUT2D eigenvalue weighted by molar-refractivity contribution is 5.80. The van der Waals surface area contributed by atoms with Crippen molar-refractivity contribution in [3.8, 4) is 34.1 Å². The molecule has 5 aromatic rings. The van der Waals surface area contributed by atoms with Gasteiger partial charge in [0.1, 0.15) is 11.5 Å². The molecule has 3 aromatic heterocycles. The molecule has 0 spiro atoms. The standard InChI is InChI=1S/C34H32N6O4/c1-21(2)28-14-15-29(37-36-28)22-8-12-27(13-9-22)43-30-17-23(6-7-24(30)19-39-16-4-3-5-31(39)41)33-35-34(44-38-33)25-18-32(42)40(20-25)26-10-11-26/h3-9,12-17,21,25-26H,10-11,18-20H2,1-2H3. The van der Waals surface area contributed by atoms with Gasteiger partial charge < -0.3 is 18.7 Å². The lowest BCUT2D eigenvalue weighted by atomic mass is 10.1. The van der Waals surface area contributed by atoms with Crippen LogP contribution in [0.25, 0.3) is 22.6 Å². The van der Waals surface area contributed by atoms with Gasteiger partial charge in [0.15, 0.2) is 0 Å². The van der Waals surface area contributed by atoms with E-state index in [0.717, 1.165) is 35.4 Å². The maximum Gasteiger partial charge on any atom is 0.250 e. The van der Waals surface area contributed by atoms with Crippen LogP contribution >= 0.6 is 0 Å². The molecule has 1 saturated heterocycles. The quantitative estimate of drug-likeness (QED) is 0.212. The molecule has 222 valence electrons. The first-order chi connectivity index (χ1) is 21.4. The number of ether oxygens (including phenoxy) is 1. The van der Waals surface area contributed by atoms with E-state index in [9.17, 15) is 9.59 Å². The number of amides is 1. The molecule has 10 heteroatoms. The number of hydrogen-bond donors (Lipinski definition) is 0. The molecule has 2 fully saturated rings. The maximum absolute atomic E-state index is 12.5. The van der Waals surface area contributed by atoms with Crippen molar-refractivity contribution in [3.05, 3.63) is 106 Å². The maximum atomic E-state index is 12.5. The number of hydrogen-bond acceptors (Lipinski definition) is 8. The van der Waals surface area contributed by atoms with Crippen LogP contribution in [0.1, 0.15) is 62.1 Å². The fraction of sp³-hybridized carbons (Fsp3) is 0.294. The van der Waals surface area contributed by atoms with Gasteiger partial charge in [-0.2, -0.15) is 15.2 Å². The molecule has 1 aliphatic heterocycles. The molecule has 2 aliphatic rings. The smallest absolute Gasteiger partial charge is 0.250 e. The number of carbonyl (C=O) groups is 1. The van der Waals surface area contributed by atoms with Gasteiger partial charge >= 0.3 is 0 Å². The van der Waals surface area contributed by atoms with Crippen LogP contribution in [0.3, 0.4) is 0 Å². The average molecular weight is 589 g/mol. The number of rotatable bonds is 9. The molecule has 1 unspecified atom stereocenters. The van der Waals surface area contributed by atoms with E-state index >= 15 is 0 Å². The molecule has 7 rings (SSSR count). The first-order valence-corrected chi connectivity index (χ1v) is 14.9. The van der Waals surface area contributed by atoms with Gasteiger partial charge in [0.2, 0.25) is 17.6 Å². The molecular formula is C34H32N6O4. The second-order valence-corrected chi connectivity index (χ2v) is 11.7. The van der Waals surface area contributed by atoms with Crippen molar-refractivity contribution in [2.45, 2.75) is 57.5 Å². The number of carbonyl (C=O) groups excluding carboxylic acids is 1. The molecule has 0 bridgehead atoms. The van der Waals surface area contributed by atoms with Crippen LogP contribution < -0.4 is 10.3 Å². The van der Waals surface area contributed by atoms with Gasteiger partial charge in [0.05, 0.1) is 23.9 Å². The van der Waals surface area contributed by atoms with E-state index in [1.54, 1.807) is 16.8 Å². The molecule has 1 atom stereocenters. The molecule has 10 nitrogen and oxygen atoms in total. The highest BCUT2D eigenvalue weighted by atomic mass is 16.5. The predicted molar refractivity (Wildman–Crippen MR) is 163 cm³/mol. The van der Waals surface area contributed by atoms with Crippen molar-refractivity contribution in [1.82, 2.24) is 29.8 Å². The molecule has 0 radical (unpaired) electrons. The SMILES string of the molecule is CC(C)c1ccc(-c2ccc(Oc3cc(-c4noc(C5CC(=O)N(C6CC6)C5)n4)ccc3Cn3ccccc3=O)cc2)nn1. The Morgan fingerprint density at radius 2 is 1.77 bits per heavy atom. The Morgan fingerprint density at radius 3 is 2.50 bits per heavy atom. The Kier molecular flexibility index (Phi) is 7.25. The zero-order valence-corrected chi connectivity index (χ0v) is 24.6. The Bertz CT molecular complexity index is 1860. The number of likely N-dealkylation sites (tertiary alicyclic amines) is 1. The van der Waals surface area contributed by atoms with E-state index in [-0.39, 0.29) is 17.4 Å². The lowest BCUT2D eigenvalue weighted by Crippen LogP contribution is -2.27. The number of nitrogens with zero attached hydrogens (tertiary/aromatic N) is 6. The molecule has 4 heterocycles. The Balaban J connectivity index is 1.16. The molecule has 44 heavy (non-hydrogen) atoms. The normalized spacial score (nSPS) is 16.6. The summed E-state index contributed by atoms with van der Waals surface area (Å²) < 4.78 is 13.7. The minimum atomic E-state index is -0.106. The molecule has 1 amide bonds. The number of pyridine rings is 1. The Morgan fingerprint density at radius 1 is 0.955 bits per heavy atom. The fourth-order valence-corrected chi connectivity index (χ4v) is 5.47. The summed E-state index contributed by atoms with van der Waals surface area (Å²) in [6.07, 6.45) is 4.28. The van der Waals surface area contributed by atoms with Gasteiger partial charge in [-0.05, 0) is 67.3 Å². The Labute approximate surface area is 254 Å². The summed E-state index contributed by atoms with van der Waals surface area (Å²) in [5.74, 6) is 2.44. The topological polar surface area (TPSA) is 116 Å².